The molecule has 28 heavy (non-hydrogen) atoms. The van der Waals surface area contributed by atoms with E-state index in [1.165, 1.54) is 5.56 Å². The topological polar surface area (TPSA) is 55.3 Å². The quantitative estimate of drug-likeness (QED) is 0.433. The second kappa shape index (κ2) is 10.7. The van der Waals surface area contributed by atoms with Gasteiger partial charge in [-0.2, -0.15) is 0 Å². The normalized spacial score (nSPS) is 10.8. The van der Waals surface area contributed by atoms with Crippen LogP contribution in [0.3, 0.4) is 0 Å². The Hall–Kier alpha value is -3.33. The third-order valence-electron chi connectivity index (χ3n) is 4.14. The Balaban J connectivity index is 1.99. The molecule has 0 radical (unpaired) electrons. The Morgan fingerprint density at radius 1 is 1.07 bits per heavy atom. The van der Waals surface area contributed by atoms with Gasteiger partial charge in [-0.25, -0.2) is 0 Å². The molecule has 2 rings (SSSR count). The van der Waals surface area contributed by atoms with Crippen LogP contribution in [0.5, 0.6) is 17.2 Å². The second-order valence-electron chi connectivity index (χ2n) is 6.08. The highest BCUT2D eigenvalue weighted by molar-refractivity contribution is 5.79. The Morgan fingerprint density at radius 3 is 2.39 bits per heavy atom. The van der Waals surface area contributed by atoms with Gasteiger partial charge in [0.25, 0.3) is 0 Å². The van der Waals surface area contributed by atoms with Crippen molar-refractivity contribution in [2.45, 2.75) is 13.1 Å². The van der Waals surface area contributed by atoms with E-state index >= 15 is 0 Å². The van der Waals surface area contributed by atoms with Crippen LogP contribution in [0.1, 0.15) is 11.1 Å². The summed E-state index contributed by atoms with van der Waals surface area (Å²) in [5.74, 6) is 5.38. The van der Waals surface area contributed by atoms with Crippen molar-refractivity contribution in [2.24, 2.45) is 4.99 Å². The average molecular weight is 381 g/mol. The lowest BCUT2D eigenvalue weighted by molar-refractivity contribution is 0.330. The molecule has 148 valence electrons. The van der Waals surface area contributed by atoms with Gasteiger partial charge in [-0.3, -0.25) is 4.99 Å². The maximum Gasteiger partial charge on any atom is 0.193 e. The van der Waals surface area contributed by atoms with Gasteiger partial charge in [-0.15, -0.1) is 6.42 Å². The van der Waals surface area contributed by atoms with Crippen molar-refractivity contribution in [3.8, 4) is 29.6 Å². The van der Waals surface area contributed by atoms with Crippen LogP contribution in [0.15, 0.2) is 47.5 Å². The largest absolute Gasteiger partial charge is 0.497 e. The SMILES string of the molecule is C#CCOc1cc(CNC(=NC)N(C)Cc2ccc(OC)cc2)ccc1OC. The van der Waals surface area contributed by atoms with E-state index in [0.717, 1.165) is 23.8 Å². The predicted octanol–water partition coefficient (Wildman–Crippen LogP) is 2.92. The zero-order chi connectivity index (χ0) is 20.4. The zero-order valence-electron chi connectivity index (χ0n) is 16.9. The van der Waals surface area contributed by atoms with Crippen molar-refractivity contribution in [1.29, 1.82) is 0 Å². The summed E-state index contributed by atoms with van der Waals surface area (Å²) in [7, 11) is 7.03. The van der Waals surface area contributed by atoms with Crippen LogP contribution in [-0.4, -0.2) is 45.8 Å². The van der Waals surface area contributed by atoms with E-state index in [1.54, 1.807) is 21.3 Å². The summed E-state index contributed by atoms with van der Waals surface area (Å²) in [6.45, 7) is 1.51. The number of guanidine groups is 1. The molecule has 0 aliphatic carbocycles. The highest BCUT2D eigenvalue weighted by Crippen LogP contribution is 2.28. The first-order chi connectivity index (χ1) is 13.6. The third-order valence-corrected chi connectivity index (χ3v) is 4.14. The molecule has 6 heteroatoms. The van der Waals surface area contributed by atoms with Gasteiger partial charge in [0.1, 0.15) is 12.4 Å². The van der Waals surface area contributed by atoms with Gasteiger partial charge in [0.15, 0.2) is 17.5 Å². The first kappa shape index (κ1) is 21.0. The van der Waals surface area contributed by atoms with Crippen molar-refractivity contribution >= 4 is 5.96 Å². The number of nitrogens with one attached hydrogen (secondary N) is 1. The summed E-state index contributed by atoms with van der Waals surface area (Å²) in [6, 6.07) is 13.8. The summed E-state index contributed by atoms with van der Waals surface area (Å²) in [4.78, 5) is 6.42. The van der Waals surface area contributed by atoms with Gasteiger partial charge in [0.2, 0.25) is 0 Å². The number of hydrogen-bond donors (Lipinski definition) is 1. The lowest BCUT2D eigenvalue weighted by Crippen LogP contribution is -2.38. The third kappa shape index (κ3) is 5.85. The number of ether oxygens (including phenoxy) is 3. The molecule has 0 bridgehead atoms. The van der Waals surface area contributed by atoms with Crippen LogP contribution in [0.2, 0.25) is 0 Å². The van der Waals surface area contributed by atoms with Crippen LogP contribution >= 0.6 is 0 Å². The maximum atomic E-state index is 5.56. The summed E-state index contributed by atoms with van der Waals surface area (Å²) < 4.78 is 16.1. The molecule has 2 aromatic carbocycles. The molecule has 0 saturated heterocycles. The van der Waals surface area contributed by atoms with E-state index in [1.807, 2.05) is 49.5 Å². The molecule has 0 amide bonds. The molecule has 0 aromatic heterocycles. The minimum absolute atomic E-state index is 0.194. The fourth-order valence-electron chi connectivity index (χ4n) is 2.71. The Kier molecular flexibility index (Phi) is 8.04. The van der Waals surface area contributed by atoms with Crippen molar-refractivity contribution in [1.82, 2.24) is 10.2 Å². The molecule has 0 aliphatic heterocycles. The van der Waals surface area contributed by atoms with Gasteiger partial charge in [0.05, 0.1) is 14.2 Å². The summed E-state index contributed by atoms with van der Waals surface area (Å²) in [5, 5.41) is 3.36. The monoisotopic (exact) mass is 381 g/mol. The summed E-state index contributed by atoms with van der Waals surface area (Å²) in [5.41, 5.74) is 2.20. The first-order valence-corrected chi connectivity index (χ1v) is 8.89. The van der Waals surface area contributed by atoms with Crippen LogP contribution in [0, 0.1) is 12.3 Å². The van der Waals surface area contributed by atoms with Crippen LogP contribution in [-0.2, 0) is 13.1 Å². The molecule has 0 fully saturated rings. The molecule has 0 atom stereocenters. The average Bonchev–Trinajstić information content (AvgIpc) is 2.73. The van der Waals surface area contributed by atoms with Crippen molar-refractivity contribution in [3.63, 3.8) is 0 Å². The van der Waals surface area contributed by atoms with Crippen molar-refractivity contribution in [3.05, 3.63) is 53.6 Å². The van der Waals surface area contributed by atoms with Gasteiger partial charge in [-0.1, -0.05) is 24.1 Å². The molecule has 0 saturated carbocycles. The van der Waals surface area contributed by atoms with Gasteiger partial charge in [-0.05, 0) is 35.4 Å². The Morgan fingerprint density at radius 2 is 1.79 bits per heavy atom. The van der Waals surface area contributed by atoms with Crippen molar-refractivity contribution in [2.75, 3.05) is 34.9 Å². The van der Waals surface area contributed by atoms with Crippen LogP contribution < -0.4 is 19.5 Å². The number of benzene rings is 2. The molecule has 2 aromatic rings. The van der Waals surface area contributed by atoms with Gasteiger partial charge >= 0.3 is 0 Å². The van der Waals surface area contributed by atoms with Gasteiger partial charge < -0.3 is 24.4 Å². The highest BCUT2D eigenvalue weighted by Gasteiger charge is 2.09. The number of methoxy groups -OCH3 is 2. The molecular formula is C22H27N3O3. The standard InChI is InChI=1S/C22H27N3O3/c1-6-13-28-21-14-18(9-12-20(21)27-5)15-24-22(23-2)25(3)16-17-7-10-19(26-4)11-8-17/h1,7-12,14H,13,15-16H2,2-5H3,(H,23,24). The summed E-state index contributed by atoms with van der Waals surface area (Å²) >= 11 is 0. The molecule has 0 heterocycles. The predicted molar refractivity (Wildman–Crippen MR) is 112 cm³/mol. The van der Waals surface area contributed by atoms with Crippen LogP contribution in [0.4, 0.5) is 0 Å². The zero-order valence-corrected chi connectivity index (χ0v) is 16.9. The fourth-order valence-corrected chi connectivity index (χ4v) is 2.71. The molecule has 6 nitrogen and oxygen atoms in total. The lowest BCUT2D eigenvalue weighted by atomic mass is 10.2. The van der Waals surface area contributed by atoms with Gasteiger partial charge in [0, 0.05) is 27.2 Å². The van der Waals surface area contributed by atoms with E-state index < -0.39 is 0 Å². The minimum atomic E-state index is 0.194. The van der Waals surface area contributed by atoms with E-state index in [-0.39, 0.29) is 6.61 Å². The first-order valence-electron chi connectivity index (χ1n) is 8.89. The molecule has 0 aliphatic rings. The molecule has 1 N–H and O–H groups in total. The Labute approximate surface area is 167 Å². The summed E-state index contributed by atoms with van der Waals surface area (Å²) in [6.07, 6.45) is 5.28. The second-order valence-corrected chi connectivity index (χ2v) is 6.08. The van der Waals surface area contributed by atoms with Crippen LogP contribution in [0.25, 0.3) is 0 Å². The lowest BCUT2D eigenvalue weighted by Gasteiger charge is -2.22. The smallest absolute Gasteiger partial charge is 0.193 e. The van der Waals surface area contributed by atoms with Crippen molar-refractivity contribution < 1.29 is 14.2 Å². The fraction of sp³-hybridized carbons (Fsp3) is 0.318. The number of nitrogens with zero attached hydrogens (tertiary/aromatic N) is 2. The van der Waals surface area contributed by atoms with E-state index in [9.17, 15) is 0 Å². The number of aliphatic imine (C=N–C) groups is 1. The molecular weight excluding hydrogens is 354 g/mol. The Bertz CT molecular complexity index is 826. The van der Waals surface area contributed by atoms with E-state index in [4.69, 9.17) is 20.6 Å². The number of terminal acetylenes is 1. The molecule has 0 spiro atoms. The number of rotatable bonds is 8. The highest BCUT2D eigenvalue weighted by atomic mass is 16.5. The maximum absolute atomic E-state index is 5.56. The van der Waals surface area contributed by atoms with E-state index in [0.29, 0.717) is 18.0 Å². The minimum Gasteiger partial charge on any atom is -0.497 e. The van der Waals surface area contributed by atoms with E-state index in [2.05, 4.69) is 21.1 Å². The number of hydrogen-bond acceptors (Lipinski definition) is 4. The molecule has 0 unspecified atom stereocenters.